The second kappa shape index (κ2) is 9.47. The number of rotatable bonds is 8. The van der Waals surface area contributed by atoms with E-state index in [0.29, 0.717) is 13.0 Å². The van der Waals surface area contributed by atoms with Gasteiger partial charge in [0, 0.05) is 26.3 Å². The van der Waals surface area contributed by atoms with Crippen LogP contribution >= 0.6 is 0 Å². The molecule has 1 aliphatic rings. The van der Waals surface area contributed by atoms with Crippen LogP contribution in [0.2, 0.25) is 0 Å². The van der Waals surface area contributed by atoms with Gasteiger partial charge in [-0.15, -0.1) is 0 Å². The molecule has 0 spiro atoms. The lowest BCUT2D eigenvalue weighted by atomic mass is 9.92. The van der Waals surface area contributed by atoms with Gasteiger partial charge in [-0.05, 0) is 36.2 Å². The molecule has 1 saturated heterocycles. The number of halogens is 3. The number of aromatic nitrogens is 2. The van der Waals surface area contributed by atoms with E-state index in [9.17, 15) is 23.1 Å². The van der Waals surface area contributed by atoms with Crippen LogP contribution in [0.3, 0.4) is 0 Å². The first kappa shape index (κ1) is 23.8. The van der Waals surface area contributed by atoms with Crippen molar-refractivity contribution >= 4 is 17.3 Å². The van der Waals surface area contributed by atoms with E-state index >= 15 is 0 Å². The quantitative estimate of drug-likeness (QED) is 0.468. The Bertz CT molecular complexity index is 1210. The van der Waals surface area contributed by atoms with Crippen LogP contribution in [0.5, 0.6) is 0 Å². The molecular formula is C24H26F3N5O2. The van der Waals surface area contributed by atoms with Crippen molar-refractivity contribution in [2.24, 2.45) is 7.05 Å². The van der Waals surface area contributed by atoms with Crippen molar-refractivity contribution in [1.29, 1.82) is 0 Å². The fourth-order valence-electron chi connectivity index (χ4n) is 3.94. The average molecular weight is 473 g/mol. The summed E-state index contributed by atoms with van der Waals surface area (Å²) in [4.78, 5) is 18.6. The summed E-state index contributed by atoms with van der Waals surface area (Å²) in [6.45, 7) is 2.58. The van der Waals surface area contributed by atoms with Crippen LogP contribution in [0.4, 0.5) is 24.5 Å². The minimum absolute atomic E-state index is 0.0129. The molecule has 34 heavy (non-hydrogen) atoms. The lowest BCUT2D eigenvalue weighted by Gasteiger charge is -2.46. The molecule has 1 aliphatic heterocycles. The summed E-state index contributed by atoms with van der Waals surface area (Å²) in [5.74, 6) is -3.68. The summed E-state index contributed by atoms with van der Waals surface area (Å²) in [7, 11) is 1.86. The highest BCUT2D eigenvalue weighted by molar-refractivity contribution is 6.01. The summed E-state index contributed by atoms with van der Waals surface area (Å²) in [6, 6.07) is 6.39. The maximum absolute atomic E-state index is 14.7. The number of amides is 1. The number of nitrogens with one attached hydrogen (secondary N) is 2. The fourth-order valence-corrected chi connectivity index (χ4v) is 3.94. The maximum Gasteiger partial charge on any atom is 0.256 e. The van der Waals surface area contributed by atoms with E-state index in [1.54, 1.807) is 12.4 Å². The van der Waals surface area contributed by atoms with Crippen LogP contribution in [0.1, 0.15) is 28.5 Å². The molecule has 3 aromatic rings. The maximum atomic E-state index is 14.7. The number of carbonyl (C=O) groups excluding carboxylic acids is 1. The van der Waals surface area contributed by atoms with E-state index in [1.807, 2.05) is 24.7 Å². The van der Waals surface area contributed by atoms with Gasteiger partial charge >= 0.3 is 0 Å². The molecule has 1 aromatic heterocycles. The van der Waals surface area contributed by atoms with Crippen LogP contribution in [0.25, 0.3) is 0 Å². The Kier molecular flexibility index (Phi) is 6.63. The van der Waals surface area contributed by atoms with E-state index < -0.39 is 34.6 Å². The molecule has 0 aliphatic carbocycles. The van der Waals surface area contributed by atoms with Crippen molar-refractivity contribution in [2.45, 2.75) is 25.5 Å². The Morgan fingerprint density at radius 1 is 1.18 bits per heavy atom. The van der Waals surface area contributed by atoms with Gasteiger partial charge in [0.2, 0.25) is 0 Å². The summed E-state index contributed by atoms with van der Waals surface area (Å²) >= 11 is 0. The zero-order chi connectivity index (χ0) is 24.5. The molecule has 1 amide bonds. The Balaban J connectivity index is 1.45. The van der Waals surface area contributed by atoms with Crippen LogP contribution in [-0.2, 0) is 20.0 Å². The second-order valence-electron chi connectivity index (χ2n) is 8.60. The molecule has 3 N–H and O–H groups in total. The third-order valence-electron chi connectivity index (χ3n) is 5.80. The van der Waals surface area contributed by atoms with Gasteiger partial charge in [0.25, 0.3) is 5.91 Å². The normalized spacial score (nSPS) is 14.7. The highest BCUT2D eigenvalue weighted by Crippen LogP contribution is 2.31. The van der Waals surface area contributed by atoms with E-state index in [4.69, 9.17) is 0 Å². The predicted octanol–water partition coefficient (Wildman–Crippen LogP) is 3.12. The Morgan fingerprint density at radius 2 is 1.94 bits per heavy atom. The molecule has 0 bridgehead atoms. The molecule has 2 aromatic carbocycles. The monoisotopic (exact) mass is 473 g/mol. The first-order chi connectivity index (χ1) is 16.2. The van der Waals surface area contributed by atoms with Gasteiger partial charge in [0.15, 0.2) is 11.6 Å². The number of hydrogen-bond donors (Lipinski definition) is 3. The number of anilines is 2. The fraction of sp³-hybridized carbons (Fsp3) is 0.333. The van der Waals surface area contributed by atoms with Gasteiger partial charge in [-0.25, -0.2) is 18.2 Å². The number of likely N-dealkylation sites (tertiary alicyclic amines) is 1. The molecule has 7 nitrogen and oxygen atoms in total. The first-order valence-corrected chi connectivity index (χ1v) is 10.9. The zero-order valence-corrected chi connectivity index (χ0v) is 18.9. The van der Waals surface area contributed by atoms with Crippen molar-refractivity contribution in [3.63, 3.8) is 0 Å². The van der Waals surface area contributed by atoms with E-state index in [0.717, 1.165) is 23.4 Å². The van der Waals surface area contributed by atoms with Crippen LogP contribution < -0.4 is 10.6 Å². The Hall–Kier alpha value is -3.37. The predicted molar refractivity (Wildman–Crippen MR) is 121 cm³/mol. The van der Waals surface area contributed by atoms with Crippen molar-refractivity contribution in [3.05, 3.63) is 77.1 Å². The number of imidazole rings is 1. The standard InChI is InChI=1S/C24H26F3N5O2/c1-3-15-4-7-20(19(26)8-15)30-22-17(5-6-18(25)21(22)27)23(33)32-12-24(34,13-32)11-28-9-16-10-31(2)14-29-16/h4-8,10,14,28,30,34H,3,9,11-13H2,1-2H3. The average Bonchev–Trinajstić information content (AvgIpc) is 3.20. The Morgan fingerprint density at radius 3 is 2.59 bits per heavy atom. The van der Waals surface area contributed by atoms with E-state index in [-0.39, 0.29) is 30.9 Å². The number of aryl methyl sites for hydroxylation is 2. The summed E-state index contributed by atoms with van der Waals surface area (Å²) in [6.07, 6.45) is 4.14. The van der Waals surface area contributed by atoms with Crippen molar-refractivity contribution in [2.75, 3.05) is 25.0 Å². The number of carbonyl (C=O) groups is 1. The van der Waals surface area contributed by atoms with Gasteiger partial charge < -0.3 is 25.2 Å². The van der Waals surface area contributed by atoms with Crippen LogP contribution in [0, 0.1) is 17.5 Å². The largest absolute Gasteiger partial charge is 0.385 e. The van der Waals surface area contributed by atoms with Gasteiger partial charge in [0.1, 0.15) is 11.4 Å². The molecule has 4 rings (SSSR count). The lowest BCUT2D eigenvalue weighted by molar-refractivity contribution is -0.0787. The summed E-state index contributed by atoms with van der Waals surface area (Å²) < 4.78 is 44.9. The molecule has 180 valence electrons. The highest BCUT2D eigenvalue weighted by Gasteiger charge is 2.44. The molecule has 2 heterocycles. The van der Waals surface area contributed by atoms with Gasteiger partial charge in [-0.3, -0.25) is 4.79 Å². The molecule has 0 saturated carbocycles. The molecular weight excluding hydrogens is 447 g/mol. The molecule has 10 heteroatoms. The highest BCUT2D eigenvalue weighted by atomic mass is 19.2. The zero-order valence-electron chi connectivity index (χ0n) is 18.9. The van der Waals surface area contributed by atoms with Crippen LogP contribution in [-0.4, -0.2) is 50.7 Å². The molecule has 0 unspecified atom stereocenters. The summed E-state index contributed by atoms with van der Waals surface area (Å²) in [5.41, 5.74) is -0.267. The van der Waals surface area contributed by atoms with Gasteiger partial charge in [0.05, 0.1) is 42.0 Å². The number of β-amino-alcohol motifs (C(OH)–C–C–N with tert-alkyl or cyclic N) is 1. The van der Waals surface area contributed by atoms with Crippen LogP contribution in [0.15, 0.2) is 42.9 Å². The van der Waals surface area contributed by atoms with Crippen molar-refractivity contribution in [1.82, 2.24) is 19.8 Å². The second-order valence-corrected chi connectivity index (χ2v) is 8.60. The number of hydrogen-bond acceptors (Lipinski definition) is 5. The summed E-state index contributed by atoms with van der Waals surface area (Å²) in [5, 5.41) is 16.3. The third kappa shape index (κ3) is 4.92. The third-order valence-corrected chi connectivity index (χ3v) is 5.80. The number of nitrogens with zero attached hydrogens (tertiary/aromatic N) is 3. The molecule has 1 fully saturated rings. The van der Waals surface area contributed by atoms with Gasteiger partial charge in [-0.2, -0.15) is 0 Å². The number of benzene rings is 2. The SMILES string of the molecule is CCc1ccc(Nc2c(C(=O)N3CC(O)(CNCc4cn(C)cn4)C3)ccc(F)c2F)c(F)c1. The molecule has 0 radical (unpaired) electrons. The minimum atomic E-state index is -1.28. The van der Waals surface area contributed by atoms with E-state index in [1.165, 1.54) is 17.0 Å². The lowest BCUT2D eigenvalue weighted by Crippen LogP contribution is -2.67. The van der Waals surface area contributed by atoms with Crippen molar-refractivity contribution in [3.8, 4) is 0 Å². The smallest absolute Gasteiger partial charge is 0.256 e. The van der Waals surface area contributed by atoms with Crippen molar-refractivity contribution < 1.29 is 23.1 Å². The van der Waals surface area contributed by atoms with E-state index in [2.05, 4.69) is 15.6 Å². The Labute approximate surface area is 195 Å². The first-order valence-electron chi connectivity index (χ1n) is 10.9. The topological polar surface area (TPSA) is 82.4 Å². The number of aliphatic hydroxyl groups is 1. The molecule has 0 atom stereocenters. The minimum Gasteiger partial charge on any atom is -0.385 e. The van der Waals surface area contributed by atoms with Gasteiger partial charge in [-0.1, -0.05) is 13.0 Å².